The molecule has 23 heavy (non-hydrogen) atoms. The van der Waals surface area contributed by atoms with Crippen molar-refractivity contribution in [2.24, 2.45) is 0 Å². The maximum absolute atomic E-state index is 12.3. The number of fused-ring (bicyclic) bond motifs is 1. The van der Waals surface area contributed by atoms with Gasteiger partial charge < -0.3 is 15.2 Å². The van der Waals surface area contributed by atoms with Crippen LogP contribution in [0.1, 0.15) is 46.8 Å². The average molecular weight is 332 g/mol. The van der Waals surface area contributed by atoms with Crippen molar-refractivity contribution in [1.82, 2.24) is 10.3 Å². The molecule has 2 aromatic heterocycles. The van der Waals surface area contributed by atoms with Gasteiger partial charge in [-0.1, -0.05) is 6.07 Å². The quantitative estimate of drug-likeness (QED) is 0.883. The normalized spacial score (nSPS) is 16.1. The van der Waals surface area contributed by atoms with Crippen LogP contribution < -0.4 is 10.1 Å². The number of ether oxygens (including phenoxy) is 1. The Morgan fingerprint density at radius 1 is 1.57 bits per heavy atom. The average Bonchev–Trinajstić information content (AvgIpc) is 3.08. The molecule has 0 radical (unpaired) electrons. The number of aliphatic hydroxyl groups excluding tert-OH is 1. The van der Waals surface area contributed by atoms with Crippen LogP contribution >= 0.6 is 11.3 Å². The van der Waals surface area contributed by atoms with Gasteiger partial charge in [-0.3, -0.25) is 4.79 Å². The molecule has 0 bridgehead atoms. The van der Waals surface area contributed by atoms with Crippen LogP contribution in [0.4, 0.5) is 0 Å². The molecule has 122 valence electrons. The van der Waals surface area contributed by atoms with E-state index in [0.717, 1.165) is 29.0 Å². The summed E-state index contributed by atoms with van der Waals surface area (Å²) in [6.07, 6.45) is 3.40. The third kappa shape index (κ3) is 3.89. The van der Waals surface area contributed by atoms with Gasteiger partial charge in [-0.05, 0) is 49.3 Å². The molecule has 0 aliphatic carbocycles. The van der Waals surface area contributed by atoms with E-state index in [2.05, 4.69) is 10.3 Å². The highest BCUT2D eigenvalue weighted by molar-refractivity contribution is 7.10. The second kappa shape index (κ2) is 7.10. The van der Waals surface area contributed by atoms with E-state index < -0.39 is 6.10 Å². The number of aliphatic hydroxyl groups is 1. The first-order chi connectivity index (χ1) is 11.1. The summed E-state index contributed by atoms with van der Waals surface area (Å²) in [5, 5.41) is 15.0. The SMILES string of the molecule is C[C@@H](C[C@H](O)c1cccs1)NC(=O)c1cc2c(cn1)OCCC2. The van der Waals surface area contributed by atoms with E-state index >= 15 is 0 Å². The summed E-state index contributed by atoms with van der Waals surface area (Å²) in [7, 11) is 0. The number of rotatable bonds is 5. The molecule has 2 aromatic rings. The van der Waals surface area contributed by atoms with Gasteiger partial charge in [-0.15, -0.1) is 11.3 Å². The fourth-order valence-electron chi connectivity index (χ4n) is 2.67. The third-order valence-corrected chi connectivity index (χ3v) is 4.83. The second-order valence-corrected chi connectivity index (χ2v) is 6.75. The molecule has 0 spiro atoms. The predicted molar refractivity (Wildman–Crippen MR) is 88.9 cm³/mol. The van der Waals surface area contributed by atoms with Crippen LogP contribution in [0.2, 0.25) is 0 Å². The lowest BCUT2D eigenvalue weighted by Crippen LogP contribution is -2.34. The van der Waals surface area contributed by atoms with Gasteiger partial charge in [0.25, 0.3) is 5.91 Å². The number of thiophene rings is 1. The molecule has 3 rings (SSSR count). The van der Waals surface area contributed by atoms with Gasteiger partial charge in [-0.25, -0.2) is 4.98 Å². The lowest BCUT2D eigenvalue weighted by Gasteiger charge is -2.19. The molecular formula is C17H20N2O3S. The number of pyridine rings is 1. The van der Waals surface area contributed by atoms with E-state index in [1.807, 2.05) is 24.4 Å². The van der Waals surface area contributed by atoms with Crippen LogP contribution in [0.3, 0.4) is 0 Å². The number of hydrogen-bond donors (Lipinski definition) is 2. The Balaban J connectivity index is 1.60. The minimum atomic E-state index is -0.560. The van der Waals surface area contributed by atoms with E-state index in [4.69, 9.17) is 4.74 Å². The fourth-order valence-corrected chi connectivity index (χ4v) is 3.39. The van der Waals surface area contributed by atoms with Crippen LogP contribution in [-0.4, -0.2) is 28.6 Å². The molecule has 0 aromatic carbocycles. The Kier molecular flexibility index (Phi) is 4.93. The summed E-state index contributed by atoms with van der Waals surface area (Å²) < 4.78 is 5.51. The van der Waals surface area contributed by atoms with Crippen molar-refractivity contribution in [3.63, 3.8) is 0 Å². The first-order valence-electron chi connectivity index (χ1n) is 7.77. The summed E-state index contributed by atoms with van der Waals surface area (Å²) in [4.78, 5) is 17.4. The Morgan fingerprint density at radius 3 is 3.22 bits per heavy atom. The maximum Gasteiger partial charge on any atom is 0.270 e. The molecule has 1 aliphatic rings. The molecule has 1 aliphatic heterocycles. The molecule has 0 unspecified atom stereocenters. The van der Waals surface area contributed by atoms with Gasteiger partial charge in [0.1, 0.15) is 11.4 Å². The minimum Gasteiger partial charge on any atom is -0.492 e. The number of hydrogen-bond acceptors (Lipinski definition) is 5. The highest BCUT2D eigenvalue weighted by Crippen LogP contribution is 2.25. The van der Waals surface area contributed by atoms with Gasteiger partial charge in [0.2, 0.25) is 0 Å². The maximum atomic E-state index is 12.3. The first-order valence-corrected chi connectivity index (χ1v) is 8.65. The lowest BCUT2D eigenvalue weighted by atomic mass is 10.1. The van der Waals surface area contributed by atoms with Gasteiger partial charge in [0, 0.05) is 10.9 Å². The highest BCUT2D eigenvalue weighted by atomic mass is 32.1. The zero-order chi connectivity index (χ0) is 16.2. The Hall–Kier alpha value is -1.92. The summed E-state index contributed by atoms with van der Waals surface area (Å²) >= 11 is 1.51. The van der Waals surface area contributed by atoms with Crippen molar-refractivity contribution in [2.75, 3.05) is 6.61 Å². The standard InChI is InChI=1S/C17H20N2O3S/c1-11(8-14(20)16-5-3-7-23-16)19-17(21)13-9-12-4-2-6-22-15(12)10-18-13/h3,5,7,9-11,14,20H,2,4,6,8H2,1H3,(H,19,21)/t11-,14-/m0/s1. The molecule has 2 N–H and O–H groups in total. The number of amides is 1. The van der Waals surface area contributed by atoms with E-state index in [1.165, 1.54) is 11.3 Å². The number of aromatic nitrogens is 1. The number of nitrogens with one attached hydrogen (secondary N) is 1. The smallest absolute Gasteiger partial charge is 0.270 e. The number of carbonyl (C=O) groups is 1. The summed E-state index contributed by atoms with van der Waals surface area (Å²) in [5.41, 5.74) is 1.43. The zero-order valence-corrected chi connectivity index (χ0v) is 13.8. The van der Waals surface area contributed by atoms with Crippen LogP contribution in [0.15, 0.2) is 29.8 Å². The molecule has 6 heteroatoms. The molecular weight excluding hydrogens is 312 g/mol. The van der Waals surface area contributed by atoms with E-state index in [-0.39, 0.29) is 11.9 Å². The molecule has 1 amide bonds. The first kappa shape index (κ1) is 16.0. The predicted octanol–water partition coefficient (Wildman–Crippen LogP) is 2.71. The zero-order valence-electron chi connectivity index (χ0n) is 13.0. The third-order valence-electron chi connectivity index (χ3n) is 3.85. The molecule has 5 nitrogen and oxygen atoms in total. The highest BCUT2D eigenvalue weighted by Gasteiger charge is 2.18. The van der Waals surface area contributed by atoms with Crippen molar-refractivity contribution in [2.45, 2.75) is 38.3 Å². The van der Waals surface area contributed by atoms with Crippen LogP contribution in [0.5, 0.6) is 5.75 Å². The van der Waals surface area contributed by atoms with Crippen molar-refractivity contribution in [3.8, 4) is 5.75 Å². The monoisotopic (exact) mass is 332 g/mol. The van der Waals surface area contributed by atoms with Crippen LogP contribution in [0, 0.1) is 0 Å². The van der Waals surface area contributed by atoms with Crippen molar-refractivity contribution in [1.29, 1.82) is 0 Å². The largest absolute Gasteiger partial charge is 0.492 e. The topological polar surface area (TPSA) is 71.5 Å². The van der Waals surface area contributed by atoms with E-state index in [9.17, 15) is 9.90 Å². The van der Waals surface area contributed by atoms with Crippen LogP contribution in [0.25, 0.3) is 0 Å². The lowest BCUT2D eigenvalue weighted by molar-refractivity contribution is 0.0913. The van der Waals surface area contributed by atoms with Crippen molar-refractivity contribution < 1.29 is 14.6 Å². The van der Waals surface area contributed by atoms with E-state index in [0.29, 0.717) is 18.7 Å². The van der Waals surface area contributed by atoms with Crippen molar-refractivity contribution >= 4 is 17.2 Å². The Labute approximate surface area is 139 Å². The molecule has 0 saturated carbocycles. The molecule has 3 heterocycles. The van der Waals surface area contributed by atoms with Crippen LogP contribution in [-0.2, 0) is 6.42 Å². The fraction of sp³-hybridized carbons (Fsp3) is 0.412. The summed E-state index contributed by atoms with van der Waals surface area (Å²) in [6.45, 7) is 2.59. The van der Waals surface area contributed by atoms with Gasteiger partial charge in [-0.2, -0.15) is 0 Å². The molecule has 0 saturated heterocycles. The molecule has 0 fully saturated rings. The van der Waals surface area contributed by atoms with Gasteiger partial charge in [0.05, 0.1) is 18.9 Å². The summed E-state index contributed by atoms with van der Waals surface area (Å²) in [6, 6.07) is 5.46. The van der Waals surface area contributed by atoms with E-state index in [1.54, 1.807) is 12.3 Å². The van der Waals surface area contributed by atoms with Gasteiger partial charge >= 0.3 is 0 Å². The number of carbonyl (C=O) groups excluding carboxylic acids is 1. The summed E-state index contributed by atoms with van der Waals surface area (Å²) in [5.74, 6) is 0.554. The molecule has 2 atom stereocenters. The van der Waals surface area contributed by atoms with Crippen molar-refractivity contribution in [3.05, 3.63) is 45.9 Å². The van der Waals surface area contributed by atoms with Gasteiger partial charge in [0.15, 0.2) is 0 Å². The Morgan fingerprint density at radius 2 is 2.43 bits per heavy atom. The number of nitrogens with zero attached hydrogens (tertiary/aromatic N) is 1. The Bertz CT molecular complexity index is 672. The minimum absolute atomic E-state index is 0.145. The second-order valence-electron chi connectivity index (χ2n) is 5.77. The number of aryl methyl sites for hydroxylation is 1.